The van der Waals surface area contributed by atoms with E-state index in [4.69, 9.17) is 9.47 Å². The third kappa shape index (κ3) is 3.87. The van der Waals surface area contributed by atoms with Gasteiger partial charge in [0.15, 0.2) is 0 Å². The second-order valence-corrected chi connectivity index (χ2v) is 7.82. The fourth-order valence-corrected chi connectivity index (χ4v) is 4.67. The number of aryl methyl sites for hydroxylation is 1. The number of hydrogen-bond donors (Lipinski definition) is 1. The van der Waals surface area contributed by atoms with Crippen LogP contribution in [0, 0.1) is 0 Å². The third-order valence-electron chi connectivity index (χ3n) is 4.14. The van der Waals surface area contributed by atoms with Gasteiger partial charge in [-0.1, -0.05) is 0 Å². The van der Waals surface area contributed by atoms with Gasteiger partial charge in [-0.3, -0.25) is 4.68 Å². The lowest BCUT2D eigenvalue weighted by Gasteiger charge is -2.31. The van der Waals surface area contributed by atoms with E-state index in [2.05, 4.69) is 9.82 Å². The molecular formula is C14H23N3O4S. The topological polar surface area (TPSA) is 82.5 Å². The second kappa shape index (κ2) is 6.66. The normalized spacial score (nSPS) is 29.8. The molecule has 22 heavy (non-hydrogen) atoms. The van der Waals surface area contributed by atoms with Crippen molar-refractivity contribution in [2.75, 3.05) is 19.0 Å². The van der Waals surface area contributed by atoms with E-state index >= 15 is 0 Å². The van der Waals surface area contributed by atoms with Crippen molar-refractivity contribution >= 4 is 10.0 Å². The molecule has 0 saturated carbocycles. The van der Waals surface area contributed by atoms with Gasteiger partial charge < -0.3 is 9.47 Å². The van der Waals surface area contributed by atoms with Gasteiger partial charge in [-0.2, -0.15) is 5.10 Å². The summed E-state index contributed by atoms with van der Waals surface area (Å²) < 4.78 is 40.5. The highest BCUT2D eigenvalue weighted by molar-refractivity contribution is 7.89. The van der Waals surface area contributed by atoms with Gasteiger partial charge in [-0.25, -0.2) is 13.1 Å². The van der Waals surface area contributed by atoms with Crippen molar-refractivity contribution in [2.24, 2.45) is 7.05 Å². The van der Waals surface area contributed by atoms with E-state index in [-0.39, 0.29) is 24.0 Å². The molecule has 124 valence electrons. The van der Waals surface area contributed by atoms with Crippen molar-refractivity contribution in [2.45, 2.75) is 43.9 Å². The maximum atomic E-state index is 12.4. The Balaban J connectivity index is 1.68. The van der Waals surface area contributed by atoms with Crippen LogP contribution < -0.4 is 4.72 Å². The first-order valence-corrected chi connectivity index (χ1v) is 9.40. The summed E-state index contributed by atoms with van der Waals surface area (Å²) in [5, 5.41) is 4.15. The molecule has 1 N–H and O–H groups in total. The molecule has 0 aliphatic carbocycles. The predicted molar refractivity (Wildman–Crippen MR) is 80.8 cm³/mol. The van der Waals surface area contributed by atoms with Crippen LogP contribution in [-0.4, -0.2) is 49.3 Å². The van der Waals surface area contributed by atoms with E-state index in [1.54, 1.807) is 10.9 Å². The SMILES string of the molecule is Cn1cc([C@H]2OCCC[C@@H]2NS(=O)(=O)CC2CCCO2)cn1. The molecule has 0 spiro atoms. The van der Waals surface area contributed by atoms with Gasteiger partial charge in [0.1, 0.15) is 6.10 Å². The molecule has 7 nitrogen and oxygen atoms in total. The smallest absolute Gasteiger partial charge is 0.214 e. The molecule has 3 heterocycles. The number of hydrogen-bond acceptors (Lipinski definition) is 5. The van der Waals surface area contributed by atoms with Gasteiger partial charge in [-0.15, -0.1) is 0 Å². The average Bonchev–Trinajstić information content (AvgIpc) is 3.10. The first kappa shape index (κ1) is 15.9. The second-order valence-electron chi connectivity index (χ2n) is 6.02. The van der Waals surface area contributed by atoms with E-state index in [1.165, 1.54) is 0 Å². The van der Waals surface area contributed by atoms with Crippen LogP contribution >= 0.6 is 0 Å². The van der Waals surface area contributed by atoms with Crippen molar-refractivity contribution in [1.29, 1.82) is 0 Å². The summed E-state index contributed by atoms with van der Waals surface area (Å²) in [7, 11) is -1.54. The van der Waals surface area contributed by atoms with Crippen LogP contribution in [0.4, 0.5) is 0 Å². The molecule has 3 rings (SSSR count). The summed E-state index contributed by atoms with van der Waals surface area (Å²) in [6.45, 7) is 1.30. The molecule has 1 aromatic rings. The Morgan fingerprint density at radius 1 is 1.32 bits per heavy atom. The van der Waals surface area contributed by atoms with Gasteiger partial charge in [0, 0.05) is 32.0 Å². The number of rotatable bonds is 5. The van der Waals surface area contributed by atoms with Crippen LogP contribution in [0.2, 0.25) is 0 Å². The van der Waals surface area contributed by atoms with E-state index in [1.807, 2.05) is 13.2 Å². The standard InChI is InChI=1S/C14H23N3O4S/c1-17-9-11(8-15-17)14-13(5-3-7-21-14)16-22(18,19)10-12-4-2-6-20-12/h8-9,12-14,16H,2-7,10H2,1H3/t12?,13-,14+/m0/s1. The lowest BCUT2D eigenvalue weighted by molar-refractivity contribution is -0.00455. The Hall–Kier alpha value is -0.960. The number of nitrogens with zero attached hydrogens (tertiary/aromatic N) is 2. The molecular weight excluding hydrogens is 306 g/mol. The zero-order valence-corrected chi connectivity index (χ0v) is 13.6. The fraction of sp³-hybridized carbons (Fsp3) is 0.786. The minimum atomic E-state index is -3.38. The highest BCUT2D eigenvalue weighted by Gasteiger charge is 2.33. The van der Waals surface area contributed by atoms with Crippen LogP contribution in [0.1, 0.15) is 37.4 Å². The Morgan fingerprint density at radius 3 is 2.77 bits per heavy atom. The summed E-state index contributed by atoms with van der Waals surface area (Å²) in [6.07, 6.45) is 6.52. The Morgan fingerprint density at radius 2 is 2.09 bits per heavy atom. The Bertz CT molecular complexity index is 595. The predicted octanol–water partition coefficient (Wildman–Crippen LogP) is 0.739. The van der Waals surface area contributed by atoms with Gasteiger partial charge in [-0.05, 0) is 25.7 Å². The van der Waals surface area contributed by atoms with Crippen molar-refractivity contribution in [3.05, 3.63) is 18.0 Å². The van der Waals surface area contributed by atoms with Gasteiger partial charge >= 0.3 is 0 Å². The summed E-state index contributed by atoms with van der Waals surface area (Å²) >= 11 is 0. The number of sulfonamides is 1. The zero-order chi connectivity index (χ0) is 15.6. The molecule has 3 atom stereocenters. The molecule has 2 aliphatic heterocycles. The van der Waals surface area contributed by atoms with Gasteiger partial charge in [0.05, 0.1) is 24.1 Å². The minimum Gasteiger partial charge on any atom is -0.377 e. The van der Waals surface area contributed by atoms with Crippen LogP contribution in [0.15, 0.2) is 12.4 Å². The van der Waals surface area contributed by atoms with E-state index in [9.17, 15) is 8.42 Å². The lowest BCUT2D eigenvalue weighted by Crippen LogP contribution is -2.44. The van der Waals surface area contributed by atoms with Gasteiger partial charge in [0.2, 0.25) is 10.0 Å². The number of aromatic nitrogens is 2. The molecule has 1 aromatic heterocycles. The van der Waals surface area contributed by atoms with Crippen molar-refractivity contribution in [3.63, 3.8) is 0 Å². The molecule has 8 heteroatoms. The molecule has 0 radical (unpaired) electrons. The Kier molecular flexibility index (Phi) is 4.82. The summed E-state index contributed by atoms with van der Waals surface area (Å²) in [6, 6.07) is -0.246. The van der Waals surface area contributed by atoms with Gasteiger partial charge in [0.25, 0.3) is 0 Å². The van der Waals surface area contributed by atoms with Crippen molar-refractivity contribution < 1.29 is 17.9 Å². The first-order valence-electron chi connectivity index (χ1n) is 7.75. The Labute approximate surface area is 131 Å². The van der Waals surface area contributed by atoms with Crippen LogP contribution in [0.3, 0.4) is 0 Å². The molecule has 0 bridgehead atoms. The monoisotopic (exact) mass is 329 g/mol. The van der Waals surface area contributed by atoms with Crippen LogP contribution in [0.5, 0.6) is 0 Å². The summed E-state index contributed by atoms with van der Waals surface area (Å²) in [4.78, 5) is 0. The highest BCUT2D eigenvalue weighted by Crippen LogP contribution is 2.28. The largest absolute Gasteiger partial charge is 0.377 e. The zero-order valence-electron chi connectivity index (χ0n) is 12.8. The number of ether oxygens (including phenoxy) is 2. The van der Waals surface area contributed by atoms with Crippen molar-refractivity contribution in [1.82, 2.24) is 14.5 Å². The quantitative estimate of drug-likeness (QED) is 0.861. The molecule has 2 fully saturated rings. The number of nitrogens with one attached hydrogen (secondary N) is 1. The summed E-state index contributed by atoms with van der Waals surface area (Å²) in [5.41, 5.74) is 0.909. The maximum Gasteiger partial charge on any atom is 0.214 e. The lowest BCUT2D eigenvalue weighted by atomic mass is 9.99. The van der Waals surface area contributed by atoms with Crippen molar-refractivity contribution in [3.8, 4) is 0 Å². The average molecular weight is 329 g/mol. The molecule has 1 unspecified atom stereocenters. The summed E-state index contributed by atoms with van der Waals surface area (Å²) in [5.74, 6) is 0.0310. The van der Waals surface area contributed by atoms with E-state index in [0.29, 0.717) is 13.2 Å². The molecule has 0 aromatic carbocycles. The molecule has 2 saturated heterocycles. The van der Waals surface area contributed by atoms with E-state index < -0.39 is 10.0 Å². The van der Waals surface area contributed by atoms with E-state index in [0.717, 1.165) is 31.2 Å². The first-order chi connectivity index (χ1) is 10.5. The molecule has 2 aliphatic rings. The fourth-order valence-electron chi connectivity index (χ4n) is 3.12. The molecule has 0 amide bonds. The van der Waals surface area contributed by atoms with Crippen LogP contribution in [-0.2, 0) is 26.5 Å². The minimum absolute atomic E-state index is 0.0310. The highest BCUT2D eigenvalue weighted by atomic mass is 32.2. The maximum absolute atomic E-state index is 12.4. The van der Waals surface area contributed by atoms with Crippen LogP contribution in [0.25, 0.3) is 0 Å². The third-order valence-corrected chi connectivity index (χ3v) is 5.61.